The highest BCUT2D eigenvalue weighted by atomic mass is 16.5. The summed E-state index contributed by atoms with van der Waals surface area (Å²) in [4.78, 5) is 25.9. The molecule has 0 spiro atoms. The maximum atomic E-state index is 12.4. The standard InChI is InChI=1S/C17H25N3O3/c1-3-7-17(15(18)21)8-10-20(11-9-17)16(22)19-13-5-4-6-14(12-13)23-2/h4-6,12H,3,7-11H2,1-2H3,(H2,18,21)(H,19,22). The van der Waals surface area contributed by atoms with Crippen LogP contribution < -0.4 is 15.8 Å². The van der Waals surface area contributed by atoms with Gasteiger partial charge in [0.1, 0.15) is 5.75 Å². The Hall–Kier alpha value is -2.24. The topological polar surface area (TPSA) is 84.7 Å². The van der Waals surface area contributed by atoms with Crippen molar-refractivity contribution in [2.24, 2.45) is 11.1 Å². The highest BCUT2D eigenvalue weighted by Crippen LogP contribution is 2.36. The van der Waals surface area contributed by atoms with Gasteiger partial charge in [-0.15, -0.1) is 0 Å². The Balaban J connectivity index is 1.96. The predicted molar refractivity (Wildman–Crippen MR) is 89.4 cm³/mol. The van der Waals surface area contributed by atoms with Gasteiger partial charge in [-0.25, -0.2) is 4.79 Å². The van der Waals surface area contributed by atoms with E-state index in [1.165, 1.54) is 0 Å². The molecule has 1 fully saturated rings. The number of piperidine rings is 1. The first-order valence-corrected chi connectivity index (χ1v) is 8.00. The van der Waals surface area contributed by atoms with Crippen molar-refractivity contribution >= 4 is 17.6 Å². The number of benzene rings is 1. The zero-order chi connectivity index (χ0) is 16.9. The molecule has 6 heteroatoms. The number of rotatable bonds is 5. The van der Waals surface area contributed by atoms with Crippen LogP contribution in [0.4, 0.5) is 10.5 Å². The van der Waals surface area contributed by atoms with E-state index in [0.29, 0.717) is 37.4 Å². The quantitative estimate of drug-likeness (QED) is 0.875. The molecule has 0 unspecified atom stereocenters. The second kappa shape index (κ2) is 7.35. The molecule has 2 rings (SSSR count). The summed E-state index contributed by atoms with van der Waals surface area (Å²) < 4.78 is 5.15. The number of hydrogen-bond donors (Lipinski definition) is 2. The van der Waals surface area contributed by atoms with E-state index in [9.17, 15) is 9.59 Å². The molecule has 3 amide bonds. The Morgan fingerprint density at radius 2 is 2.04 bits per heavy atom. The molecule has 0 aliphatic carbocycles. The summed E-state index contributed by atoms with van der Waals surface area (Å²) in [6.45, 7) is 3.13. The Morgan fingerprint density at radius 1 is 1.35 bits per heavy atom. The largest absolute Gasteiger partial charge is 0.497 e. The number of anilines is 1. The lowest BCUT2D eigenvalue weighted by Gasteiger charge is -2.39. The molecule has 0 bridgehead atoms. The average molecular weight is 319 g/mol. The molecule has 1 aliphatic heterocycles. The fourth-order valence-electron chi connectivity index (χ4n) is 3.14. The number of methoxy groups -OCH3 is 1. The molecule has 1 aromatic carbocycles. The Labute approximate surface area is 137 Å². The maximum Gasteiger partial charge on any atom is 0.321 e. The van der Waals surface area contributed by atoms with Gasteiger partial charge >= 0.3 is 6.03 Å². The number of urea groups is 1. The van der Waals surface area contributed by atoms with E-state index in [1.54, 1.807) is 18.1 Å². The number of nitrogens with zero attached hydrogens (tertiary/aromatic N) is 1. The van der Waals surface area contributed by atoms with Gasteiger partial charge < -0.3 is 20.7 Å². The molecule has 0 atom stereocenters. The number of primary amides is 1. The van der Waals surface area contributed by atoms with Crippen molar-refractivity contribution in [2.75, 3.05) is 25.5 Å². The zero-order valence-electron chi connectivity index (χ0n) is 13.8. The first-order chi connectivity index (χ1) is 11.0. The highest BCUT2D eigenvalue weighted by molar-refractivity contribution is 5.90. The third-order valence-electron chi connectivity index (χ3n) is 4.58. The summed E-state index contributed by atoms with van der Waals surface area (Å²) >= 11 is 0. The number of amides is 3. The van der Waals surface area contributed by atoms with Crippen molar-refractivity contribution in [1.29, 1.82) is 0 Å². The van der Waals surface area contributed by atoms with E-state index in [-0.39, 0.29) is 11.9 Å². The van der Waals surface area contributed by atoms with Crippen molar-refractivity contribution in [3.63, 3.8) is 0 Å². The second-order valence-corrected chi connectivity index (χ2v) is 6.04. The van der Waals surface area contributed by atoms with Gasteiger partial charge in [-0.3, -0.25) is 4.79 Å². The van der Waals surface area contributed by atoms with Crippen LogP contribution in [0.3, 0.4) is 0 Å². The van der Waals surface area contributed by atoms with E-state index in [0.717, 1.165) is 12.8 Å². The van der Waals surface area contributed by atoms with Crippen molar-refractivity contribution in [2.45, 2.75) is 32.6 Å². The number of nitrogens with one attached hydrogen (secondary N) is 1. The first-order valence-electron chi connectivity index (χ1n) is 8.00. The van der Waals surface area contributed by atoms with Gasteiger partial charge in [-0.2, -0.15) is 0 Å². The second-order valence-electron chi connectivity index (χ2n) is 6.04. The van der Waals surface area contributed by atoms with E-state index < -0.39 is 5.41 Å². The molecule has 1 heterocycles. The third kappa shape index (κ3) is 3.94. The molecule has 0 aromatic heterocycles. The van der Waals surface area contributed by atoms with Gasteiger partial charge in [-0.1, -0.05) is 19.4 Å². The minimum Gasteiger partial charge on any atom is -0.497 e. The normalized spacial score (nSPS) is 16.7. The van der Waals surface area contributed by atoms with Crippen molar-refractivity contribution in [3.8, 4) is 5.75 Å². The summed E-state index contributed by atoms with van der Waals surface area (Å²) in [7, 11) is 1.59. The predicted octanol–water partition coefficient (Wildman–Crippen LogP) is 2.59. The lowest BCUT2D eigenvalue weighted by Crippen LogP contribution is -2.49. The Bertz CT molecular complexity index is 566. The Kier molecular flexibility index (Phi) is 5.47. The number of likely N-dealkylation sites (tertiary alicyclic amines) is 1. The number of carbonyl (C=O) groups is 2. The average Bonchev–Trinajstić information content (AvgIpc) is 2.55. The molecule has 1 saturated heterocycles. The monoisotopic (exact) mass is 319 g/mol. The molecular weight excluding hydrogens is 294 g/mol. The minimum absolute atomic E-state index is 0.159. The summed E-state index contributed by atoms with van der Waals surface area (Å²) in [5, 5.41) is 2.87. The lowest BCUT2D eigenvalue weighted by molar-refractivity contribution is -0.130. The van der Waals surface area contributed by atoms with Gasteiger partial charge in [0.15, 0.2) is 0 Å². The molecule has 3 N–H and O–H groups in total. The smallest absolute Gasteiger partial charge is 0.321 e. The number of hydrogen-bond acceptors (Lipinski definition) is 3. The summed E-state index contributed by atoms with van der Waals surface area (Å²) in [6, 6.07) is 7.07. The maximum absolute atomic E-state index is 12.4. The van der Waals surface area contributed by atoms with Gasteiger partial charge in [0.05, 0.1) is 12.5 Å². The molecule has 126 valence electrons. The van der Waals surface area contributed by atoms with Crippen LogP contribution in [0, 0.1) is 5.41 Å². The van der Waals surface area contributed by atoms with Crippen molar-refractivity contribution in [3.05, 3.63) is 24.3 Å². The van der Waals surface area contributed by atoms with E-state index in [1.807, 2.05) is 25.1 Å². The van der Waals surface area contributed by atoms with Gasteiger partial charge in [-0.05, 0) is 31.4 Å². The molecule has 6 nitrogen and oxygen atoms in total. The summed E-state index contributed by atoms with van der Waals surface area (Å²) in [5.41, 5.74) is 5.83. The molecular formula is C17H25N3O3. The molecule has 0 saturated carbocycles. The van der Waals surface area contributed by atoms with E-state index in [4.69, 9.17) is 10.5 Å². The van der Waals surface area contributed by atoms with Crippen molar-refractivity contribution in [1.82, 2.24) is 4.90 Å². The fourth-order valence-corrected chi connectivity index (χ4v) is 3.14. The fraction of sp³-hybridized carbons (Fsp3) is 0.529. The Morgan fingerprint density at radius 3 is 2.61 bits per heavy atom. The van der Waals surface area contributed by atoms with Crippen LogP contribution in [-0.4, -0.2) is 37.0 Å². The molecule has 1 aliphatic rings. The minimum atomic E-state index is -0.457. The van der Waals surface area contributed by atoms with Crippen LogP contribution in [0.2, 0.25) is 0 Å². The molecule has 23 heavy (non-hydrogen) atoms. The highest BCUT2D eigenvalue weighted by Gasteiger charge is 2.39. The molecule has 0 radical (unpaired) electrons. The van der Waals surface area contributed by atoms with Crippen LogP contribution >= 0.6 is 0 Å². The SMILES string of the molecule is CCCC1(C(N)=O)CCN(C(=O)Nc2cccc(OC)c2)CC1. The zero-order valence-corrected chi connectivity index (χ0v) is 13.8. The molecule has 1 aromatic rings. The van der Waals surface area contributed by atoms with Crippen LogP contribution in [0.25, 0.3) is 0 Å². The first kappa shape index (κ1) is 17.1. The van der Waals surface area contributed by atoms with Crippen molar-refractivity contribution < 1.29 is 14.3 Å². The summed E-state index contributed by atoms with van der Waals surface area (Å²) in [6.07, 6.45) is 2.95. The van der Waals surface area contributed by atoms with Crippen LogP contribution in [0.15, 0.2) is 24.3 Å². The number of carbonyl (C=O) groups excluding carboxylic acids is 2. The van der Waals surface area contributed by atoms with Gasteiger partial charge in [0.25, 0.3) is 0 Å². The van der Waals surface area contributed by atoms with Crippen LogP contribution in [0.5, 0.6) is 5.75 Å². The van der Waals surface area contributed by atoms with Gasteiger partial charge in [0.2, 0.25) is 5.91 Å². The third-order valence-corrected chi connectivity index (χ3v) is 4.58. The van der Waals surface area contributed by atoms with Crippen LogP contribution in [0.1, 0.15) is 32.6 Å². The van der Waals surface area contributed by atoms with E-state index in [2.05, 4.69) is 5.32 Å². The number of nitrogens with two attached hydrogens (primary N) is 1. The lowest BCUT2D eigenvalue weighted by atomic mass is 9.74. The number of ether oxygens (including phenoxy) is 1. The van der Waals surface area contributed by atoms with E-state index >= 15 is 0 Å². The van der Waals surface area contributed by atoms with Crippen LogP contribution in [-0.2, 0) is 4.79 Å². The summed E-state index contributed by atoms with van der Waals surface area (Å²) in [5.74, 6) is 0.448. The van der Waals surface area contributed by atoms with Gasteiger partial charge in [0, 0.05) is 24.8 Å².